The van der Waals surface area contributed by atoms with E-state index in [0.29, 0.717) is 18.0 Å². The second kappa shape index (κ2) is 9.75. The summed E-state index contributed by atoms with van der Waals surface area (Å²) in [6.45, 7) is 2.25. The van der Waals surface area contributed by atoms with E-state index in [-0.39, 0.29) is 5.91 Å². The van der Waals surface area contributed by atoms with E-state index in [0.717, 1.165) is 59.8 Å². The van der Waals surface area contributed by atoms with Gasteiger partial charge in [-0.05, 0) is 60.7 Å². The predicted molar refractivity (Wildman–Crippen MR) is 126 cm³/mol. The Morgan fingerprint density at radius 3 is 2.58 bits per heavy atom. The lowest BCUT2D eigenvalue weighted by atomic mass is 10.00. The number of benzene rings is 1. The average Bonchev–Trinajstić information content (AvgIpc) is 3.39. The van der Waals surface area contributed by atoms with Gasteiger partial charge in [-0.15, -0.1) is 0 Å². The van der Waals surface area contributed by atoms with Crippen molar-refractivity contribution in [3.63, 3.8) is 0 Å². The van der Waals surface area contributed by atoms with Gasteiger partial charge < -0.3 is 10.1 Å². The summed E-state index contributed by atoms with van der Waals surface area (Å²) in [5, 5.41) is 10.3. The molecule has 2 N–H and O–H groups in total. The van der Waals surface area contributed by atoms with Crippen molar-refractivity contribution < 1.29 is 9.53 Å². The molecule has 0 atom stereocenters. The first-order valence-electron chi connectivity index (χ1n) is 11.2. The molecule has 0 unspecified atom stereocenters. The van der Waals surface area contributed by atoms with E-state index in [1.165, 1.54) is 0 Å². The number of hydrogen-bond donors (Lipinski definition) is 2. The summed E-state index contributed by atoms with van der Waals surface area (Å²) in [6.07, 6.45) is 7.35. The van der Waals surface area contributed by atoms with Crippen molar-refractivity contribution in [2.24, 2.45) is 5.92 Å². The third kappa shape index (κ3) is 4.83. The Morgan fingerprint density at radius 1 is 0.970 bits per heavy atom. The van der Waals surface area contributed by atoms with Gasteiger partial charge in [-0.2, -0.15) is 5.10 Å². The second-order valence-electron chi connectivity index (χ2n) is 8.15. The lowest BCUT2D eigenvalue weighted by Gasteiger charge is -2.22. The van der Waals surface area contributed by atoms with Crippen molar-refractivity contribution in [1.82, 2.24) is 25.5 Å². The van der Waals surface area contributed by atoms with Crippen molar-refractivity contribution >= 4 is 5.91 Å². The Hall–Kier alpha value is -3.84. The molecule has 0 aliphatic carbocycles. The van der Waals surface area contributed by atoms with Crippen molar-refractivity contribution in [2.45, 2.75) is 12.8 Å². The van der Waals surface area contributed by atoms with Gasteiger partial charge in [0, 0.05) is 48.8 Å². The molecular weight excluding hydrogens is 414 g/mol. The highest BCUT2D eigenvalue weighted by Crippen LogP contribution is 2.31. The number of aromatic amines is 1. The number of H-pyrrole nitrogens is 1. The number of aromatic nitrogens is 4. The van der Waals surface area contributed by atoms with Gasteiger partial charge >= 0.3 is 0 Å². The first-order valence-corrected chi connectivity index (χ1v) is 11.2. The van der Waals surface area contributed by atoms with E-state index in [1.807, 2.05) is 54.6 Å². The number of carbonyl (C=O) groups is 1. The van der Waals surface area contributed by atoms with Gasteiger partial charge in [0.1, 0.15) is 0 Å². The highest BCUT2D eigenvalue weighted by Gasteiger charge is 2.16. The lowest BCUT2D eigenvalue weighted by Crippen LogP contribution is -2.32. The van der Waals surface area contributed by atoms with Crippen LogP contribution in [0, 0.1) is 5.92 Å². The molecule has 7 nitrogen and oxygen atoms in total. The van der Waals surface area contributed by atoms with Gasteiger partial charge in [0.25, 0.3) is 5.91 Å². The van der Waals surface area contributed by atoms with Crippen molar-refractivity contribution in [3.05, 3.63) is 78.8 Å². The van der Waals surface area contributed by atoms with E-state index in [4.69, 9.17) is 4.74 Å². The largest absolute Gasteiger partial charge is 0.381 e. The Labute approximate surface area is 192 Å². The van der Waals surface area contributed by atoms with Crippen LogP contribution >= 0.6 is 0 Å². The van der Waals surface area contributed by atoms with Crippen LogP contribution in [0.3, 0.4) is 0 Å². The highest BCUT2D eigenvalue weighted by molar-refractivity contribution is 5.94. The Kier molecular flexibility index (Phi) is 6.21. The molecule has 4 aromatic rings. The molecule has 0 radical (unpaired) electrons. The first-order chi connectivity index (χ1) is 16.3. The van der Waals surface area contributed by atoms with Gasteiger partial charge in [-0.3, -0.25) is 19.9 Å². The van der Waals surface area contributed by atoms with Crippen LogP contribution in [0.25, 0.3) is 33.8 Å². The fourth-order valence-corrected chi connectivity index (χ4v) is 4.05. The number of ether oxygens (including phenoxy) is 1. The topological polar surface area (TPSA) is 92.8 Å². The Bertz CT molecular complexity index is 1210. The molecule has 1 aliphatic heterocycles. The fraction of sp³-hybridized carbons (Fsp3) is 0.231. The number of pyridine rings is 2. The molecule has 1 amide bonds. The predicted octanol–water partition coefficient (Wildman–Crippen LogP) is 4.36. The second-order valence-corrected chi connectivity index (χ2v) is 8.15. The molecule has 1 saturated heterocycles. The van der Waals surface area contributed by atoms with Crippen molar-refractivity contribution in [3.8, 4) is 33.8 Å². The van der Waals surface area contributed by atoms with Gasteiger partial charge in [0.05, 0.1) is 23.3 Å². The minimum absolute atomic E-state index is 0.0480. The number of amides is 1. The first kappa shape index (κ1) is 21.0. The molecule has 1 fully saturated rings. The number of hydrogen-bond acceptors (Lipinski definition) is 5. The average molecular weight is 440 g/mol. The van der Waals surface area contributed by atoms with E-state index in [9.17, 15) is 4.79 Å². The summed E-state index contributed by atoms with van der Waals surface area (Å²) in [7, 11) is 0. The Balaban J connectivity index is 1.31. The summed E-state index contributed by atoms with van der Waals surface area (Å²) in [6, 6.07) is 17.3. The number of rotatable bonds is 6. The van der Waals surface area contributed by atoms with Crippen LogP contribution in [0.15, 0.2) is 73.2 Å². The lowest BCUT2D eigenvalue weighted by molar-refractivity contribution is 0.0642. The van der Waals surface area contributed by atoms with E-state index in [2.05, 4.69) is 25.5 Å². The van der Waals surface area contributed by atoms with Gasteiger partial charge in [-0.25, -0.2) is 0 Å². The number of nitrogens with zero attached hydrogens (tertiary/aromatic N) is 3. The maximum absolute atomic E-state index is 12.5. The van der Waals surface area contributed by atoms with Crippen LogP contribution in [0.5, 0.6) is 0 Å². The molecule has 5 rings (SSSR count). The number of nitrogens with one attached hydrogen (secondary N) is 2. The zero-order valence-corrected chi connectivity index (χ0v) is 18.2. The molecule has 0 spiro atoms. The van der Waals surface area contributed by atoms with Gasteiger partial charge in [-0.1, -0.05) is 18.2 Å². The maximum Gasteiger partial charge on any atom is 0.251 e. The zero-order chi connectivity index (χ0) is 22.5. The number of carbonyl (C=O) groups excluding carboxylic acids is 1. The van der Waals surface area contributed by atoms with E-state index >= 15 is 0 Å². The maximum atomic E-state index is 12.5. The molecule has 0 bridgehead atoms. The molecule has 1 aliphatic rings. The minimum atomic E-state index is -0.0480. The molecule has 4 heterocycles. The molecular formula is C26H25N5O2. The highest BCUT2D eigenvalue weighted by atomic mass is 16.5. The van der Waals surface area contributed by atoms with E-state index < -0.39 is 0 Å². The van der Waals surface area contributed by atoms with E-state index in [1.54, 1.807) is 18.6 Å². The Morgan fingerprint density at radius 2 is 1.79 bits per heavy atom. The van der Waals surface area contributed by atoms with Crippen LogP contribution in [0.4, 0.5) is 0 Å². The monoisotopic (exact) mass is 439 g/mol. The third-order valence-corrected chi connectivity index (χ3v) is 5.97. The molecule has 166 valence electrons. The summed E-state index contributed by atoms with van der Waals surface area (Å²) < 4.78 is 5.38. The molecule has 1 aromatic carbocycles. The van der Waals surface area contributed by atoms with Crippen LogP contribution < -0.4 is 5.32 Å². The van der Waals surface area contributed by atoms with Crippen LogP contribution in [-0.4, -0.2) is 45.8 Å². The standard InChI is InChI=1S/C26H25N5O2/c32-26(29-16-18-9-13-33-14-10-18)20-6-4-19(5-7-20)24-15-21(8-12-28-24)22-17-30-31-25(22)23-3-1-2-11-27-23/h1-8,11-12,15,17-18H,9-10,13-14,16H2,(H,29,32)(H,30,31). The summed E-state index contributed by atoms with van der Waals surface area (Å²) >= 11 is 0. The quantitative estimate of drug-likeness (QED) is 0.466. The van der Waals surface area contributed by atoms with Gasteiger partial charge in [0.15, 0.2) is 0 Å². The van der Waals surface area contributed by atoms with Crippen LogP contribution in [0.1, 0.15) is 23.2 Å². The summed E-state index contributed by atoms with van der Waals surface area (Å²) in [5.41, 5.74) is 6.07. The minimum Gasteiger partial charge on any atom is -0.381 e. The molecule has 3 aromatic heterocycles. The van der Waals surface area contributed by atoms with Crippen molar-refractivity contribution in [2.75, 3.05) is 19.8 Å². The van der Waals surface area contributed by atoms with Gasteiger partial charge in [0.2, 0.25) is 0 Å². The molecule has 33 heavy (non-hydrogen) atoms. The smallest absolute Gasteiger partial charge is 0.251 e. The summed E-state index contributed by atoms with van der Waals surface area (Å²) in [5.74, 6) is 0.445. The third-order valence-electron chi connectivity index (χ3n) is 5.97. The summed E-state index contributed by atoms with van der Waals surface area (Å²) in [4.78, 5) is 21.5. The van der Waals surface area contributed by atoms with Crippen LogP contribution in [-0.2, 0) is 4.74 Å². The fourth-order valence-electron chi connectivity index (χ4n) is 4.05. The molecule has 0 saturated carbocycles. The normalized spacial score (nSPS) is 14.2. The van der Waals surface area contributed by atoms with Crippen LogP contribution in [0.2, 0.25) is 0 Å². The SMILES string of the molecule is O=C(NCC1CCOCC1)c1ccc(-c2cc(-c3cn[nH]c3-c3ccccn3)ccn2)cc1. The molecule has 7 heteroatoms. The van der Waals surface area contributed by atoms with Crippen molar-refractivity contribution in [1.29, 1.82) is 0 Å². The zero-order valence-electron chi connectivity index (χ0n) is 18.2.